The molecule has 0 amide bonds. The zero-order valence-electron chi connectivity index (χ0n) is 9.79. The number of hydrogen-bond donors (Lipinski definition) is 1. The molecule has 0 radical (unpaired) electrons. The van der Waals surface area contributed by atoms with Crippen LogP contribution in [0.4, 0.5) is 0 Å². The van der Waals surface area contributed by atoms with Crippen molar-refractivity contribution >= 4 is 11.6 Å². The monoisotopic (exact) mass is 239 g/mol. The average Bonchev–Trinajstić information content (AvgIpc) is 2.30. The van der Waals surface area contributed by atoms with Crippen LogP contribution >= 0.6 is 11.6 Å². The van der Waals surface area contributed by atoms with E-state index in [9.17, 15) is 0 Å². The van der Waals surface area contributed by atoms with Crippen molar-refractivity contribution in [2.24, 2.45) is 0 Å². The van der Waals surface area contributed by atoms with Crippen LogP contribution in [-0.4, -0.2) is 18.7 Å². The molecule has 0 spiro atoms. The van der Waals surface area contributed by atoms with Crippen molar-refractivity contribution < 1.29 is 4.74 Å². The van der Waals surface area contributed by atoms with Gasteiger partial charge in [0.2, 0.25) is 0 Å². The van der Waals surface area contributed by atoms with Gasteiger partial charge in [0, 0.05) is 18.1 Å². The van der Waals surface area contributed by atoms with Crippen molar-refractivity contribution in [3.05, 3.63) is 34.9 Å². The Labute approximate surface area is 102 Å². The lowest BCUT2D eigenvalue weighted by atomic mass is 9.98. The number of morpholine rings is 1. The lowest BCUT2D eigenvalue weighted by molar-refractivity contribution is -0.109. The largest absolute Gasteiger partial charge is 0.365 e. The van der Waals surface area contributed by atoms with Gasteiger partial charge in [0.1, 0.15) is 0 Å². The smallest absolute Gasteiger partial charge is 0.0957 e. The van der Waals surface area contributed by atoms with Crippen LogP contribution in [0.1, 0.15) is 31.9 Å². The summed E-state index contributed by atoms with van der Waals surface area (Å²) in [5.74, 6) is 0. The molecule has 2 unspecified atom stereocenters. The number of rotatable bonds is 2. The molecule has 2 rings (SSSR count). The number of ether oxygens (including phenoxy) is 1. The van der Waals surface area contributed by atoms with E-state index in [-0.39, 0.29) is 11.7 Å². The Bertz CT molecular complexity index is 351. The zero-order valence-corrected chi connectivity index (χ0v) is 10.6. The second kappa shape index (κ2) is 4.74. The fourth-order valence-corrected chi connectivity index (χ4v) is 2.09. The van der Waals surface area contributed by atoms with Gasteiger partial charge in [-0.05, 0) is 31.0 Å². The van der Waals surface area contributed by atoms with Gasteiger partial charge in [-0.15, -0.1) is 0 Å². The van der Waals surface area contributed by atoms with Crippen molar-refractivity contribution in [3.63, 3.8) is 0 Å². The number of nitrogens with one attached hydrogen (secondary N) is 1. The van der Waals surface area contributed by atoms with Gasteiger partial charge < -0.3 is 10.1 Å². The van der Waals surface area contributed by atoms with Crippen LogP contribution in [0.3, 0.4) is 0 Å². The molecule has 1 aliphatic heterocycles. The zero-order chi connectivity index (χ0) is 11.6. The molecular weight excluding hydrogens is 222 g/mol. The van der Waals surface area contributed by atoms with E-state index >= 15 is 0 Å². The van der Waals surface area contributed by atoms with Crippen LogP contribution in [-0.2, 0) is 4.74 Å². The third kappa shape index (κ3) is 2.57. The van der Waals surface area contributed by atoms with Crippen molar-refractivity contribution in [2.45, 2.75) is 32.0 Å². The first-order chi connectivity index (χ1) is 7.63. The van der Waals surface area contributed by atoms with E-state index in [1.165, 1.54) is 5.56 Å². The Morgan fingerprint density at radius 1 is 1.44 bits per heavy atom. The van der Waals surface area contributed by atoms with Crippen molar-refractivity contribution in [3.8, 4) is 0 Å². The van der Waals surface area contributed by atoms with Gasteiger partial charge >= 0.3 is 0 Å². The van der Waals surface area contributed by atoms with Crippen LogP contribution in [0.25, 0.3) is 0 Å². The normalized spacial score (nSPS) is 30.3. The molecule has 2 atom stereocenters. The highest BCUT2D eigenvalue weighted by molar-refractivity contribution is 6.30. The predicted molar refractivity (Wildman–Crippen MR) is 66.8 cm³/mol. The molecule has 0 bridgehead atoms. The van der Waals surface area contributed by atoms with Gasteiger partial charge in [-0.3, -0.25) is 0 Å². The predicted octanol–water partition coefficient (Wildman–Crippen LogP) is 3.17. The van der Waals surface area contributed by atoms with E-state index < -0.39 is 0 Å². The topological polar surface area (TPSA) is 21.3 Å². The van der Waals surface area contributed by atoms with Crippen molar-refractivity contribution in [1.82, 2.24) is 5.32 Å². The van der Waals surface area contributed by atoms with E-state index in [0.29, 0.717) is 0 Å². The van der Waals surface area contributed by atoms with E-state index in [2.05, 4.69) is 19.2 Å². The summed E-state index contributed by atoms with van der Waals surface area (Å²) >= 11 is 5.88. The summed E-state index contributed by atoms with van der Waals surface area (Å²) < 4.78 is 6.14. The molecule has 1 fully saturated rings. The molecule has 3 heteroatoms. The molecule has 2 nitrogen and oxygen atoms in total. The average molecular weight is 240 g/mol. The fraction of sp³-hybridized carbons (Fsp3) is 0.538. The van der Waals surface area contributed by atoms with Crippen LogP contribution in [0.5, 0.6) is 0 Å². The first-order valence-corrected chi connectivity index (χ1v) is 6.15. The molecular formula is C13H18ClNO. The van der Waals surface area contributed by atoms with Crippen LogP contribution in [0.2, 0.25) is 5.02 Å². The highest BCUT2D eigenvalue weighted by atomic mass is 35.5. The molecule has 88 valence electrons. The maximum atomic E-state index is 6.14. The minimum Gasteiger partial charge on any atom is -0.365 e. The summed E-state index contributed by atoms with van der Waals surface area (Å²) in [7, 11) is 0. The Kier molecular flexibility index (Phi) is 3.53. The van der Waals surface area contributed by atoms with Gasteiger partial charge in [-0.1, -0.05) is 30.7 Å². The van der Waals surface area contributed by atoms with Gasteiger partial charge in [0.15, 0.2) is 0 Å². The summed E-state index contributed by atoms with van der Waals surface area (Å²) in [5, 5.41) is 4.20. The molecule has 0 saturated carbocycles. The molecule has 1 aromatic carbocycles. The SMILES string of the molecule is CCC1(C)CNCC(c2ccc(Cl)cc2)O1. The van der Waals surface area contributed by atoms with E-state index in [1.54, 1.807) is 0 Å². The first-order valence-electron chi connectivity index (χ1n) is 5.77. The molecule has 1 aromatic rings. The van der Waals surface area contributed by atoms with Gasteiger partial charge in [0.05, 0.1) is 11.7 Å². The lowest BCUT2D eigenvalue weighted by Crippen LogP contribution is -2.48. The Hall–Kier alpha value is -0.570. The second-order valence-electron chi connectivity index (χ2n) is 4.59. The van der Waals surface area contributed by atoms with Crippen molar-refractivity contribution in [1.29, 1.82) is 0 Å². The Morgan fingerprint density at radius 2 is 2.12 bits per heavy atom. The lowest BCUT2D eigenvalue weighted by Gasteiger charge is -2.39. The molecule has 16 heavy (non-hydrogen) atoms. The summed E-state index contributed by atoms with van der Waals surface area (Å²) in [6.45, 7) is 6.11. The third-order valence-electron chi connectivity index (χ3n) is 3.25. The van der Waals surface area contributed by atoms with E-state index in [0.717, 1.165) is 24.5 Å². The summed E-state index contributed by atoms with van der Waals surface area (Å²) in [6, 6.07) is 7.91. The second-order valence-corrected chi connectivity index (χ2v) is 5.03. The minimum absolute atomic E-state index is 0.0530. The highest BCUT2D eigenvalue weighted by Gasteiger charge is 2.31. The van der Waals surface area contributed by atoms with Gasteiger partial charge in [0.25, 0.3) is 0 Å². The number of hydrogen-bond acceptors (Lipinski definition) is 2. The van der Waals surface area contributed by atoms with Crippen molar-refractivity contribution in [2.75, 3.05) is 13.1 Å². The molecule has 0 aromatic heterocycles. The van der Waals surface area contributed by atoms with E-state index in [4.69, 9.17) is 16.3 Å². The van der Waals surface area contributed by atoms with Gasteiger partial charge in [-0.25, -0.2) is 0 Å². The van der Waals surface area contributed by atoms with Crippen LogP contribution in [0, 0.1) is 0 Å². The standard InChI is InChI=1S/C13H18ClNO/c1-3-13(2)9-15-8-12(16-13)10-4-6-11(14)7-5-10/h4-7,12,15H,3,8-9H2,1-2H3. The summed E-state index contributed by atoms with van der Waals surface area (Å²) in [4.78, 5) is 0. The molecule has 1 heterocycles. The maximum Gasteiger partial charge on any atom is 0.0957 e. The maximum absolute atomic E-state index is 6.14. The quantitative estimate of drug-likeness (QED) is 0.856. The first kappa shape index (κ1) is 11.9. The minimum atomic E-state index is -0.0530. The summed E-state index contributed by atoms with van der Waals surface area (Å²) in [5.41, 5.74) is 1.14. The fourth-order valence-electron chi connectivity index (χ4n) is 1.97. The molecule has 1 saturated heterocycles. The summed E-state index contributed by atoms with van der Waals surface area (Å²) in [6.07, 6.45) is 1.15. The van der Waals surface area contributed by atoms with E-state index in [1.807, 2.05) is 24.3 Å². The highest BCUT2D eigenvalue weighted by Crippen LogP contribution is 2.29. The number of benzene rings is 1. The number of halogens is 1. The Balaban J connectivity index is 2.12. The van der Waals surface area contributed by atoms with Crippen LogP contribution < -0.4 is 5.32 Å². The molecule has 0 aliphatic carbocycles. The molecule has 1 N–H and O–H groups in total. The van der Waals surface area contributed by atoms with Crippen LogP contribution in [0.15, 0.2) is 24.3 Å². The third-order valence-corrected chi connectivity index (χ3v) is 3.50. The molecule has 1 aliphatic rings. The van der Waals surface area contributed by atoms with Gasteiger partial charge in [-0.2, -0.15) is 0 Å². The Morgan fingerprint density at radius 3 is 2.75 bits per heavy atom.